The summed E-state index contributed by atoms with van der Waals surface area (Å²) in [6, 6.07) is 0. The Morgan fingerprint density at radius 3 is 2.80 bits per heavy atom. The van der Waals surface area contributed by atoms with Gasteiger partial charge in [0.25, 0.3) is 0 Å². The minimum atomic E-state index is -0.518. The molecular formula is C12H26N2O. The van der Waals surface area contributed by atoms with Gasteiger partial charge in [0.05, 0.1) is 5.60 Å². The van der Waals surface area contributed by atoms with E-state index in [-0.39, 0.29) is 0 Å². The van der Waals surface area contributed by atoms with Crippen LogP contribution >= 0.6 is 0 Å². The zero-order chi connectivity index (χ0) is 11.3. The second-order valence-corrected chi connectivity index (χ2v) is 5.43. The summed E-state index contributed by atoms with van der Waals surface area (Å²) in [4.78, 5) is 2.49. The zero-order valence-electron chi connectivity index (χ0n) is 10.4. The molecule has 15 heavy (non-hydrogen) atoms. The first-order chi connectivity index (χ1) is 7.01. The van der Waals surface area contributed by atoms with Crippen LogP contribution in [0.5, 0.6) is 0 Å². The molecule has 1 aliphatic rings. The van der Waals surface area contributed by atoms with E-state index in [0.717, 1.165) is 25.4 Å². The van der Waals surface area contributed by atoms with Crippen LogP contribution in [0.25, 0.3) is 0 Å². The number of likely N-dealkylation sites (tertiary alicyclic amines) is 1. The van der Waals surface area contributed by atoms with Crippen LogP contribution in [0.3, 0.4) is 0 Å². The van der Waals surface area contributed by atoms with E-state index in [2.05, 4.69) is 10.2 Å². The third-order valence-electron chi connectivity index (χ3n) is 3.14. The van der Waals surface area contributed by atoms with E-state index >= 15 is 0 Å². The molecule has 0 bridgehead atoms. The van der Waals surface area contributed by atoms with Crippen molar-refractivity contribution >= 4 is 0 Å². The van der Waals surface area contributed by atoms with Crippen LogP contribution in [0.15, 0.2) is 0 Å². The first-order valence-corrected chi connectivity index (χ1v) is 6.10. The molecule has 1 saturated heterocycles. The Labute approximate surface area is 93.9 Å². The molecule has 1 fully saturated rings. The predicted molar refractivity (Wildman–Crippen MR) is 64.0 cm³/mol. The van der Waals surface area contributed by atoms with Gasteiger partial charge >= 0.3 is 0 Å². The molecule has 0 aliphatic carbocycles. The molecule has 1 aliphatic heterocycles. The molecule has 2 N–H and O–H groups in total. The number of nitrogens with one attached hydrogen (secondary N) is 1. The molecule has 0 amide bonds. The summed E-state index contributed by atoms with van der Waals surface area (Å²) in [6.07, 6.45) is 3.53. The van der Waals surface area contributed by atoms with Crippen LogP contribution in [-0.4, -0.2) is 48.8 Å². The maximum absolute atomic E-state index is 9.68. The Balaban J connectivity index is 2.24. The lowest BCUT2D eigenvalue weighted by molar-refractivity contribution is 0.0506. The molecule has 3 nitrogen and oxygen atoms in total. The van der Waals surface area contributed by atoms with Gasteiger partial charge in [-0.05, 0) is 59.2 Å². The van der Waals surface area contributed by atoms with Gasteiger partial charge in [-0.2, -0.15) is 0 Å². The SMILES string of the molecule is CNCC1CCCN(CCC(C)(C)O)C1. The lowest BCUT2D eigenvalue weighted by atomic mass is 9.97. The topological polar surface area (TPSA) is 35.5 Å². The monoisotopic (exact) mass is 214 g/mol. The normalized spacial score (nSPS) is 24.4. The molecule has 0 aromatic rings. The van der Waals surface area contributed by atoms with Crippen molar-refractivity contribution in [2.24, 2.45) is 5.92 Å². The summed E-state index contributed by atoms with van der Waals surface area (Å²) in [5, 5.41) is 12.9. The largest absolute Gasteiger partial charge is 0.390 e. The Kier molecular flexibility index (Phi) is 5.03. The minimum absolute atomic E-state index is 0.518. The quantitative estimate of drug-likeness (QED) is 0.719. The first-order valence-electron chi connectivity index (χ1n) is 6.10. The number of hydrogen-bond donors (Lipinski definition) is 2. The summed E-state index contributed by atoms with van der Waals surface area (Å²) in [6.45, 7) is 8.33. The fourth-order valence-electron chi connectivity index (χ4n) is 2.24. The predicted octanol–water partition coefficient (Wildman–Crippen LogP) is 1.08. The van der Waals surface area contributed by atoms with Gasteiger partial charge in [0.15, 0.2) is 0 Å². The van der Waals surface area contributed by atoms with Crippen molar-refractivity contribution in [2.45, 2.75) is 38.7 Å². The van der Waals surface area contributed by atoms with Crippen molar-refractivity contribution in [3.8, 4) is 0 Å². The van der Waals surface area contributed by atoms with E-state index in [1.165, 1.54) is 25.9 Å². The highest BCUT2D eigenvalue weighted by atomic mass is 16.3. The second-order valence-electron chi connectivity index (χ2n) is 5.43. The van der Waals surface area contributed by atoms with Crippen LogP contribution in [0.1, 0.15) is 33.1 Å². The van der Waals surface area contributed by atoms with Crippen molar-refractivity contribution in [1.82, 2.24) is 10.2 Å². The van der Waals surface area contributed by atoms with Gasteiger partial charge in [-0.1, -0.05) is 0 Å². The van der Waals surface area contributed by atoms with Crippen molar-refractivity contribution in [2.75, 3.05) is 33.2 Å². The standard InChI is InChI=1S/C12H26N2O/c1-12(2,15)6-8-14-7-4-5-11(10-14)9-13-3/h11,13,15H,4-10H2,1-3H3. The molecule has 0 radical (unpaired) electrons. The van der Waals surface area contributed by atoms with Crippen molar-refractivity contribution in [3.63, 3.8) is 0 Å². The van der Waals surface area contributed by atoms with Gasteiger partial charge in [0, 0.05) is 13.1 Å². The van der Waals surface area contributed by atoms with Crippen LogP contribution in [0.4, 0.5) is 0 Å². The van der Waals surface area contributed by atoms with Gasteiger partial charge in [-0.3, -0.25) is 0 Å². The number of aliphatic hydroxyl groups is 1. The fourth-order valence-corrected chi connectivity index (χ4v) is 2.24. The molecule has 0 saturated carbocycles. The summed E-state index contributed by atoms with van der Waals surface area (Å²) in [5.74, 6) is 0.797. The van der Waals surface area contributed by atoms with Gasteiger partial charge in [0.1, 0.15) is 0 Å². The Bertz CT molecular complexity index is 175. The number of hydrogen-bond acceptors (Lipinski definition) is 3. The molecule has 1 rings (SSSR count). The molecule has 1 heterocycles. The van der Waals surface area contributed by atoms with E-state index in [1.54, 1.807) is 0 Å². The zero-order valence-corrected chi connectivity index (χ0v) is 10.4. The highest BCUT2D eigenvalue weighted by Gasteiger charge is 2.21. The minimum Gasteiger partial charge on any atom is -0.390 e. The average Bonchev–Trinajstić information content (AvgIpc) is 2.15. The molecule has 0 spiro atoms. The molecule has 0 aromatic carbocycles. The third-order valence-corrected chi connectivity index (χ3v) is 3.14. The molecule has 0 aromatic heterocycles. The second kappa shape index (κ2) is 5.83. The molecular weight excluding hydrogens is 188 g/mol. The van der Waals surface area contributed by atoms with Crippen LogP contribution in [0.2, 0.25) is 0 Å². The summed E-state index contributed by atoms with van der Waals surface area (Å²) in [5.41, 5.74) is -0.518. The Morgan fingerprint density at radius 2 is 2.20 bits per heavy atom. The van der Waals surface area contributed by atoms with Crippen molar-refractivity contribution in [3.05, 3.63) is 0 Å². The highest BCUT2D eigenvalue weighted by Crippen LogP contribution is 2.17. The Hall–Kier alpha value is -0.120. The molecule has 3 heteroatoms. The van der Waals surface area contributed by atoms with E-state index < -0.39 is 5.60 Å². The molecule has 1 unspecified atom stereocenters. The fraction of sp³-hybridized carbons (Fsp3) is 1.00. The smallest absolute Gasteiger partial charge is 0.0603 e. The maximum Gasteiger partial charge on any atom is 0.0603 e. The van der Waals surface area contributed by atoms with E-state index in [1.807, 2.05) is 20.9 Å². The van der Waals surface area contributed by atoms with Gasteiger partial charge in [-0.15, -0.1) is 0 Å². The average molecular weight is 214 g/mol. The summed E-state index contributed by atoms with van der Waals surface area (Å²) in [7, 11) is 2.02. The molecule has 1 atom stereocenters. The van der Waals surface area contributed by atoms with E-state index in [9.17, 15) is 5.11 Å². The van der Waals surface area contributed by atoms with E-state index in [4.69, 9.17) is 0 Å². The van der Waals surface area contributed by atoms with Crippen LogP contribution in [0, 0.1) is 5.92 Å². The van der Waals surface area contributed by atoms with Crippen molar-refractivity contribution < 1.29 is 5.11 Å². The van der Waals surface area contributed by atoms with Crippen LogP contribution in [-0.2, 0) is 0 Å². The number of rotatable bonds is 5. The van der Waals surface area contributed by atoms with E-state index in [0.29, 0.717) is 0 Å². The highest BCUT2D eigenvalue weighted by molar-refractivity contribution is 4.76. The summed E-state index contributed by atoms with van der Waals surface area (Å²) < 4.78 is 0. The lowest BCUT2D eigenvalue weighted by Gasteiger charge is -2.34. The third kappa shape index (κ3) is 5.50. The van der Waals surface area contributed by atoms with Gasteiger partial charge < -0.3 is 15.3 Å². The van der Waals surface area contributed by atoms with Crippen LogP contribution < -0.4 is 5.32 Å². The van der Waals surface area contributed by atoms with Crippen molar-refractivity contribution in [1.29, 1.82) is 0 Å². The van der Waals surface area contributed by atoms with Gasteiger partial charge in [0.2, 0.25) is 0 Å². The summed E-state index contributed by atoms with van der Waals surface area (Å²) >= 11 is 0. The van der Waals surface area contributed by atoms with Gasteiger partial charge in [-0.25, -0.2) is 0 Å². The lowest BCUT2D eigenvalue weighted by Crippen LogP contribution is -2.41. The Morgan fingerprint density at radius 1 is 1.47 bits per heavy atom. The number of nitrogens with zero attached hydrogens (tertiary/aromatic N) is 1. The first kappa shape index (κ1) is 12.9. The maximum atomic E-state index is 9.68. The number of piperidine rings is 1. The molecule has 90 valence electrons.